The first kappa shape index (κ1) is 16.7. The van der Waals surface area contributed by atoms with E-state index in [2.05, 4.69) is 17.6 Å². The van der Waals surface area contributed by atoms with Crippen molar-refractivity contribution in [3.05, 3.63) is 29.3 Å². The number of aryl methyl sites for hydroxylation is 1. The number of thioether (sulfide) groups is 1. The molecule has 1 N–H and O–H groups in total. The summed E-state index contributed by atoms with van der Waals surface area (Å²) in [6.45, 7) is 3.69. The van der Waals surface area contributed by atoms with Crippen LogP contribution in [0.4, 0.5) is 10.5 Å². The van der Waals surface area contributed by atoms with Crippen LogP contribution in [0.25, 0.3) is 0 Å². The minimum absolute atomic E-state index is 0.0230. The Morgan fingerprint density at radius 1 is 1.55 bits per heavy atom. The van der Waals surface area contributed by atoms with E-state index in [4.69, 9.17) is 5.26 Å². The summed E-state index contributed by atoms with van der Waals surface area (Å²) in [7, 11) is 0. The molecule has 0 saturated carbocycles. The van der Waals surface area contributed by atoms with Crippen LogP contribution >= 0.6 is 11.8 Å². The Morgan fingerprint density at radius 2 is 2.36 bits per heavy atom. The summed E-state index contributed by atoms with van der Waals surface area (Å²) in [4.78, 5) is 14.4. The van der Waals surface area contributed by atoms with E-state index in [-0.39, 0.29) is 6.03 Å². The molecule has 2 amide bonds. The van der Waals surface area contributed by atoms with Gasteiger partial charge in [0.1, 0.15) is 0 Å². The van der Waals surface area contributed by atoms with E-state index >= 15 is 0 Å². The van der Waals surface area contributed by atoms with Gasteiger partial charge in [0.05, 0.1) is 11.6 Å². The number of carbonyl (C=O) groups is 1. The molecule has 0 unspecified atom stereocenters. The van der Waals surface area contributed by atoms with E-state index in [0.717, 1.165) is 42.9 Å². The quantitative estimate of drug-likeness (QED) is 0.920. The SMILES string of the molecule is CCc1cc(C#N)ccc1NC(=O)N1CCC[C@H](CSC)C1. The van der Waals surface area contributed by atoms with Gasteiger partial charge in [0.15, 0.2) is 0 Å². The monoisotopic (exact) mass is 317 g/mol. The number of rotatable bonds is 4. The highest BCUT2D eigenvalue weighted by Crippen LogP contribution is 2.22. The topological polar surface area (TPSA) is 56.1 Å². The van der Waals surface area contributed by atoms with E-state index in [1.54, 1.807) is 6.07 Å². The van der Waals surface area contributed by atoms with Crippen molar-refractivity contribution >= 4 is 23.5 Å². The van der Waals surface area contributed by atoms with Crippen LogP contribution in [0.5, 0.6) is 0 Å². The Bertz CT molecular complexity index is 566. The maximum absolute atomic E-state index is 12.5. The lowest BCUT2D eigenvalue weighted by molar-refractivity contribution is 0.183. The molecular formula is C17H23N3OS. The third kappa shape index (κ3) is 4.17. The van der Waals surface area contributed by atoms with Crippen molar-refractivity contribution in [1.82, 2.24) is 4.90 Å². The molecule has 0 aliphatic carbocycles. The van der Waals surface area contributed by atoms with Crippen LogP contribution < -0.4 is 5.32 Å². The first-order valence-corrected chi connectivity index (χ1v) is 9.15. The summed E-state index contributed by atoms with van der Waals surface area (Å²) in [5.74, 6) is 1.71. The minimum atomic E-state index is -0.0230. The lowest BCUT2D eigenvalue weighted by Crippen LogP contribution is -2.43. The van der Waals surface area contributed by atoms with Crippen LogP contribution in [0.2, 0.25) is 0 Å². The summed E-state index contributed by atoms with van der Waals surface area (Å²) < 4.78 is 0. The maximum atomic E-state index is 12.5. The number of hydrogen-bond acceptors (Lipinski definition) is 3. The third-order valence-electron chi connectivity index (χ3n) is 4.07. The van der Waals surface area contributed by atoms with Crippen molar-refractivity contribution < 1.29 is 4.79 Å². The van der Waals surface area contributed by atoms with Crippen LogP contribution in [0, 0.1) is 17.2 Å². The standard InChI is InChI=1S/C17H23N3OS/c1-3-15-9-13(10-18)6-7-16(15)19-17(21)20-8-4-5-14(11-20)12-22-2/h6-7,9,14H,3-5,8,11-12H2,1-2H3,(H,19,21)/t14-/m0/s1. The number of hydrogen-bond donors (Lipinski definition) is 1. The number of benzene rings is 1. The Morgan fingerprint density at radius 3 is 3.05 bits per heavy atom. The molecule has 0 bridgehead atoms. The molecule has 1 aliphatic heterocycles. The van der Waals surface area contributed by atoms with Crippen molar-refractivity contribution in [3.8, 4) is 6.07 Å². The average molecular weight is 317 g/mol. The Kier molecular flexibility index (Phi) is 6.14. The minimum Gasteiger partial charge on any atom is -0.324 e. The first-order chi connectivity index (χ1) is 10.7. The molecule has 1 saturated heterocycles. The highest BCUT2D eigenvalue weighted by atomic mass is 32.2. The summed E-state index contributed by atoms with van der Waals surface area (Å²) in [6.07, 6.45) is 5.19. The van der Waals surface area contributed by atoms with E-state index in [9.17, 15) is 4.79 Å². The predicted molar refractivity (Wildman–Crippen MR) is 92.2 cm³/mol. The number of nitrogens with one attached hydrogen (secondary N) is 1. The van der Waals surface area contributed by atoms with Crippen LogP contribution in [-0.4, -0.2) is 36.0 Å². The van der Waals surface area contributed by atoms with E-state index < -0.39 is 0 Å². The molecule has 1 fully saturated rings. The van der Waals surface area contributed by atoms with Crippen LogP contribution in [0.1, 0.15) is 30.9 Å². The van der Waals surface area contributed by atoms with Gasteiger partial charge in [-0.2, -0.15) is 17.0 Å². The first-order valence-electron chi connectivity index (χ1n) is 7.75. The number of piperidine rings is 1. The zero-order chi connectivity index (χ0) is 15.9. The second-order valence-electron chi connectivity index (χ2n) is 5.68. The molecule has 118 valence electrons. The highest BCUT2D eigenvalue weighted by Gasteiger charge is 2.23. The number of carbonyl (C=O) groups excluding carboxylic acids is 1. The molecule has 1 aliphatic rings. The fraction of sp³-hybridized carbons (Fsp3) is 0.529. The molecular weight excluding hydrogens is 294 g/mol. The summed E-state index contributed by atoms with van der Waals surface area (Å²) in [6, 6.07) is 7.55. The molecule has 2 rings (SSSR count). The van der Waals surface area contributed by atoms with E-state index in [0.29, 0.717) is 11.5 Å². The second kappa shape index (κ2) is 8.09. The van der Waals surface area contributed by atoms with Gasteiger partial charge in [-0.25, -0.2) is 4.79 Å². The van der Waals surface area contributed by atoms with Gasteiger partial charge in [-0.05, 0) is 61.0 Å². The highest BCUT2D eigenvalue weighted by molar-refractivity contribution is 7.98. The molecule has 4 nitrogen and oxygen atoms in total. The van der Waals surface area contributed by atoms with Gasteiger partial charge in [-0.15, -0.1) is 0 Å². The van der Waals surface area contributed by atoms with Crippen molar-refractivity contribution in [1.29, 1.82) is 5.26 Å². The molecule has 1 atom stereocenters. The Balaban J connectivity index is 2.04. The number of anilines is 1. The summed E-state index contributed by atoms with van der Waals surface area (Å²) >= 11 is 1.85. The fourth-order valence-corrected chi connectivity index (χ4v) is 3.64. The lowest BCUT2D eigenvalue weighted by Gasteiger charge is -2.32. The van der Waals surface area contributed by atoms with Gasteiger partial charge in [0, 0.05) is 18.8 Å². The largest absolute Gasteiger partial charge is 0.324 e. The number of amides is 2. The van der Waals surface area contributed by atoms with Crippen molar-refractivity contribution in [3.63, 3.8) is 0 Å². The lowest BCUT2D eigenvalue weighted by atomic mass is 10.0. The molecule has 0 radical (unpaired) electrons. The molecule has 1 aromatic rings. The Labute approximate surface area is 136 Å². The van der Waals surface area contributed by atoms with Gasteiger partial charge >= 0.3 is 6.03 Å². The van der Waals surface area contributed by atoms with Gasteiger partial charge in [-0.1, -0.05) is 6.92 Å². The zero-order valence-corrected chi connectivity index (χ0v) is 14.1. The van der Waals surface area contributed by atoms with Gasteiger partial charge in [-0.3, -0.25) is 0 Å². The van der Waals surface area contributed by atoms with Gasteiger partial charge < -0.3 is 10.2 Å². The smallest absolute Gasteiger partial charge is 0.321 e. The van der Waals surface area contributed by atoms with Gasteiger partial charge in [0.2, 0.25) is 0 Å². The number of likely N-dealkylation sites (tertiary alicyclic amines) is 1. The third-order valence-corrected chi connectivity index (χ3v) is 4.87. The van der Waals surface area contributed by atoms with Crippen LogP contribution in [-0.2, 0) is 6.42 Å². The summed E-state index contributed by atoms with van der Waals surface area (Å²) in [5, 5.41) is 12.0. The van der Waals surface area contributed by atoms with Crippen LogP contribution in [0.3, 0.4) is 0 Å². The van der Waals surface area contributed by atoms with Crippen molar-refractivity contribution in [2.75, 3.05) is 30.4 Å². The molecule has 5 heteroatoms. The second-order valence-corrected chi connectivity index (χ2v) is 6.59. The molecule has 0 spiro atoms. The zero-order valence-electron chi connectivity index (χ0n) is 13.3. The fourth-order valence-electron chi connectivity index (χ4n) is 2.89. The normalized spacial score (nSPS) is 17.9. The van der Waals surface area contributed by atoms with E-state index in [1.165, 1.54) is 6.42 Å². The molecule has 1 heterocycles. The Hall–Kier alpha value is -1.67. The van der Waals surface area contributed by atoms with Crippen molar-refractivity contribution in [2.45, 2.75) is 26.2 Å². The van der Waals surface area contributed by atoms with E-state index in [1.807, 2.05) is 35.7 Å². The average Bonchev–Trinajstić information content (AvgIpc) is 2.55. The maximum Gasteiger partial charge on any atom is 0.321 e. The summed E-state index contributed by atoms with van der Waals surface area (Å²) in [5.41, 5.74) is 2.46. The van der Waals surface area contributed by atoms with Crippen LogP contribution in [0.15, 0.2) is 18.2 Å². The predicted octanol–water partition coefficient (Wildman–Crippen LogP) is 3.73. The number of urea groups is 1. The molecule has 0 aromatic heterocycles. The van der Waals surface area contributed by atoms with Gasteiger partial charge in [0.25, 0.3) is 0 Å². The molecule has 1 aromatic carbocycles. The van der Waals surface area contributed by atoms with Crippen molar-refractivity contribution in [2.24, 2.45) is 5.92 Å². The molecule has 22 heavy (non-hydrogen) atoms. The number of nitriles is 1. The number of nitrogens with zero attached hydrogens (tertiary/aromatic N) is 2.